The standard InChI is InChI=1S/C16H30N4O7S/c1-8(2)12(16(26)27)20-15(25)11(7-22)19-14(24)10(4-5-28-3)18-13(23)9(17)6-21/h8-12,21-22H,4-7,17H2,1-3H3,(H,18,23)(H,19,24)(H,20,25)(H,26,27). The van der Waals surface area contributed by atoms with E-state index in [4.69, 9.17) is 15.9 Å². The normalized spacial score (nSPS) is 15.2. The second-order valence-corrected chi connectivity index (χ2v) is 7.43. The fourth-order valence-corrected chi connectivity index (χ4v) is 2.57. The third-order valence-electron chi connectivity index (χ3n) is 3.82. The lowest BCUT2D eigenvalue weighted by molar-refractivity contribution is -0.143. The van der Waals surface area contributed by atoms with E-state index in [2.05, 4.69) is 16.0 Å². The van der Waals surface area contributed by atoms with E-state index in [0.717, 1.165) is 0 Å². The van der Waals surface area contributed by atoms with Gasteiger partial charge in [0.1, 0.15) is 24.2 Å². The van der Waals surface area contributed by atoms with Crippen molar-refractivity contribution in [2.24, 2.45) is 11.7 Å². The number of amides is 3. The number of carboxylic acids is 1. The number of rotatable bonds is 13. The first-order chi connectivity index (χ1) is 13.1. The fourth-order valence-electron chi connectivity index (χ4n) is 2.10. The first-order valence-corrected chi connectivity index (χ1v) is 10.1. The van der Waals surface area contributed by atoms with Crippen LogP contribution >= 0.6 is 11.8 Å². The molecule has 0 aliphatic heterocycles. The predicted molar refractivity (Wildman–Crippen MR) is 103 cm³/mol. The highest BCUT2D eigenvalue weighted by Gasteiger charge is 2.30. The lowest BCUT2D eigenvalue weighted by atomic mass is 10.0. The molecule has 12 heteroatoms. The molecule has 4 unspecified atom stereocenters. The Hall–Kier alpha value is -1.89. The van der Waals surface area contributed by atoms with E-state index in [9.17, 15) is 24.3 Å². The molecule has 0 aliphatic carbocycles. The molecule has 3 amide bonds. The van der Waals surface area contributed by atoms with Crippen LogP contribution in [0.15, 0.2) is 0 Å². The molecular formula is C16H30N4O7S. The monoisotopic (exact) mass is 422 g/mol. The molecule has 11 nitrogen and oxygen atoms in total. The summed E-state index contributed by atoms with van der Waals surface area (Å²) in [6.45, 7) is 1.84. The minimum Gasteiger partial charge on any atom is -0.480 e. The number of aliphatic hydroxyl groups excluding tert-OH is 2. The molecule has 0 heterocycles. The number of carboxylic acid groups (broad SMARTS) is 1. The average molecular weight is 423 g/mol. The number of carbonyl (C=O) groups is 4. The summed E-state index contributed by atoms with van der Waals surface area (Å²) in [5.41, 5.74) is 5.42. The molecular weight excluding hydrogens is 392 g/mol. The quantitative estimate of drug-likeness (QED) is 0.165. The van der Waals surface area contributed by atoms with E-state index < -0.39 is 67.0 Å². The van der Waals surface area contributed by atoms with Crippen LogP contribution in [0.3, 0.4) is 0 Å². The van der Waals surface area contributed by atoms with E-state index >= 15 is 0 Å². The second kappa shape index (κ2) is 13.3. The van der Waals surface area contributed by atoms with E-state index in [1.165, 1.54) is 11.8 Å². The van der Waals surface area contributed by atoms with Crippen LogP contribution in [0.1, 0.15) is 20.3 Å². The summed E-state index contributed by atoms with van der Waals surface area (Å²) in [6, 6.07) is -4.83. The first-order valence-electron chi connectivity index (χ1n) is 8.69. The van der Waals surface area contributed by atoms with Gasteiger partial charge < -0.3 is 37.0 Å². The van der Waals surface area contributed by atoms with Gasteiger partial charge in [-0.1, -0.05) is 13.8 Å². The van der Waals surface area contributed by atoms with Gasteiger partial charge in [-0.05, 0) is 24.3 Å². The topological polar surface area (TPSA) is 191 Å². The molecule has 0 bridgehead atoms. The molecule has 0 aromatic heterocycles. The van der Waals surface area contributed by atoms with Crippen molar-refractivity contribution < 1.29 is 34.5 Å². The first kappa shape index (κ1) is 26.1. The largest absolute Gasteiger partial charge is 0.480 e. The zero-order chi connectivity index (χ0) is 21.9. The van der Waals surface area contributed by atoms with E-state index in [1.54, 1.807) is 20.1 Å². The minimum absolute atomic E-state index is 0.223. The van der Waals surface area contributed by atoms with Crippen LogP contribution in [0, 0.1) is 5.92 Å². The molecule has 0 aromatic carbocycles. The van der Waals surface area contributed by atoms with Gasteiger partial charge in [-0.2, -0.15) is 11.8 Å². The van der Waals surface area contributed by atoms with Gasteiger partial charge in [0.25, 0.3) is 0 Å². The molecule has 0 fully saturated rings. The Morgan fingerprint density at radius 1 is 0.929 bits per heavy atom. The minimum atomic E-state index is -1.40. The maximum absolute atomic E-state index is 12.5. The maximum Gasteiger partial charge on any atom is 0.326 e. The van der Waals surface area contributed by atoms with Gasteiger partial charge in [-0.3, -0.25) is 14.4 Å². The van der Waals surface area contributed by atoms with Crippen LogP contribution in [-0.2, 0) is 19.2 Å². The van der Waals surface area contributed by atoms with Gasteiger partial charge >= 0.3 is 5.97 Å². The van der Waals surface area contributed by atoms with Gasteiger partial charge in [-0.15, -0.1) is 0 Å². The summed E-state index contributed by atoms with van der Waals surface area (Å²) < 4.78 is 0. The summed E-state index contributed by atoms with van der Waals surface area (Å²) >= 11 is 1.43. The van der Waals surface area contributed by atoms with Crippen LogP contribution in [-0.4, -0.2) is 88.4 Å². The molecule has 0 spiro atoms. The second-order valence-electron chi connectivity index (χ2n) is 6.44. The smallest absolute Gasteiger partial charge is 0.326 e. The molecule has 4 atom stereocenters. The summed E-state index contributed by atoms with van der Waals surface area (Å²) in [6.07, 6.45) is 2.03. The van der Waals surface area contributed by atoms with Crippen molar-refractivity contribution in [2.75, 3.05) is 25.2 Å². The molecule has 0 aliphatic rings. The van der Waals surface area contributed by atoms with E-state index in [1.807, 2.05) is 0 Å². The number of nitrogens with two attached hydrogens (primary N) is 1. The van der Waals surface area contributed by atoms with Crippen LogP contribution in [0.5, 0.6) is 0 Å². The fraction of sp³-hybridized carbons (Fsp3) is 0.750. The number of thioether (sulfide) groups is 1. The van der Waals surface area contributed by atoms with Gasteiger partial charge in [0, 0.05) is 0 Å². The third-order valence-corrected chi connectivity index (χ3v) is 4.47. The van der Waals surface area contributed by atoms with Gasteiger partial charge in [0.05, 0.1) is 13.2 Å². The van der Waals surface area contributed by atoms with Crippen LogP contribution in [0.25, 0.3) is 0 Å². The van der Waals surface area contributed by atoms with Crippen LogP contribution < -0.4 is 21.7 Å². The molecule has 0 aromatic rings. The van der Waals surface area contributed by atoms with Crippen molar-refractivity contribution in [3.05, 3.63) is 0 Å². The highest BCUT2D eigenvalue weighted by atomic mass is 32.2. The highest BCUT2D eigenvalue weighted by Crippen LogP contribution is 2.04. The Kier molecular flexibility index (Phi) is 12.4. The van der Waals surface area contributed by atoms with Crippen molar-refractivity contribution in [2.45, 2.75) is 44.4 Å². The van der Waals surface area contributed by atoms with Crippen molar-refractivity contribution in [3.8, 4) is 0 Å². The Labute approximate surface area is 167 Å². The lowest BCUT2D eigenvalue weighted by Gasteiger charge is -2.25. The van der Waals surface area contributed by atoms with E-state index in [-0.39, 0.29) is 6.42 Å². The predicted octanol–water partition coefficient (Wildman–Crippen LogP) is -2.75. The van der Waals surface area contributed by atoms with Gasteiger partial charge in [0.15, 0.2) is 0 Å². The highest BCUT2D eigenvalue weighted by molar-refractivity contribution is 7.98. The van der Waals surface area contributed by atoms with E-state index in [0.29, 0.717) is 5.75 Å². The number of hydrogen-bond donors (Lipinski definition) is 7. The SMILES string of the molecule is CSCCC(NC(=O)C(N)CO)C(=O)NC(CO)C(=O)NC(C(=O)O)C(C)C. The summed E-state index contributed by atoms with van der Waals surface area (Å²) in [7, 11) is 0. The lowest BCUT2D eigenvalue weighted by Crippen LogP contribution is -2.58. The molecule has 0 saturated carbocycles. The zero-order valence-corrected chi connectivity index (χ0v) is 17.0. The molecule has 0 saturated heterocycles. The number of nitrogens with one attached hydrogen (secondary N) is 3. The zero-order valence-electron chi connectivity index (χ0n) is 16.2. The van der Waals surface area contributed by atoms with Crippen molar-refractivity contribution in [1.29, 1.82) is 0 Å². The Morgan fingerprint density at radius 3 is 1.89 bits per heavy atom. The Morgan fingerprint density at radius 2 is 1.46 bits per heavy atom. The van der Waals surface area contributed by atoms with Crippen molar-refractivity contribution in [1.82, 2.24) is 16.0 Å². The molecule has 162 valence electrons. The number of aliphatic hydroxyl groups is 2. The average Bonchev–Trinajstić information content (AvgIpc) is 2.65. The number of hydrogen-bond acceptors (Lipinski definition) is 8. The number of carbonyl (C=O) groups excluding carboxylic acids is 3. The van der Waals surface area contributed by atoms with Crippen LogP contribution in [0.2, 0.25) is 0 Å². The molecule has 0 rings (SSSR count). The number of aliphatic carboxylic acids is 1. The van der Waals surface area contributed by atoms with Crippen molar-refractivity contribution in [3.63, 3.8) is 0 Å². The molecule has 8 N–H and O–H groups in total. The van der Waals surface area contributed by atoms with Gasteiger partial charge in [0.2, 0.25) is 17.7 Å². The third kappa shape index (κ3) is 8.87. The molecule has 28 heavy (non-hydrogen) atoms. The summed E-state index contributed by atoms with van der Waals surface area (Å²) in [4.78, 5) is 47.8. The maximum atomic E-state index is 12.5. The summed E-state index contributed by atoms with van der Waals surface area (Å²) in [5.74, 6) is -3.48. The van der Waals surface area contributed by atoms with Crippen molar-refractivity contribution >= 4 is 35.5 Å². The molecule has 0 radical (unpaired) electrons. The summed E-state index contributed by atoms with van der Waals surface area (Å²) in [5, 5.41) is 34.5. The Balaban J connectivity index is 5.13. The van der Waals surface area contributed by atoms with Gasteiger partial charge in [-0.25, -0.2) is 4.79 Å². The van der Waals surface area contributed by atoms with Crippen LogP contribution in [0.4, 0.5) is 0 Å². The Bertz CT molecular complexity index is 547.